The van der Waals surface area contributed by atoms with Crippen LogP contribution >= 0.6 is 0 Å². The number of nitrogens with zero attached hydrogens (tertiary/aromatic N) is 2. The van der Waals surface area contributed by atoms with E-state index in [0.717, 1.165) is 32.5 Å². The first-order valence-corrected chi connectivity index (χ1v) is 4.59. The Morgan fingerprint density at radius 3 is 3.17 bits per heavy atom. The average Bonchev–Trinajstić information content (AvgIpc) is 2.15. The van der Waals surface area contributed by atoms with Gasteiger partial charge in [0.05, 0.1) is 12.0 Å². The Morgan fingerprint density at radius 2 is 2.50 bits per heavy atom. The van der Waals surface area contributed by atoms with Crippen molar-refractivity contribution >= 4 is 0 Å². The lowest BCUT2D eigenvalue weighted by Gasteiger charge is -2.28. The Morgan fingerprint density at radius 1 is 1.67 bits per heavy atom. The average molecular weight is 164 g/mol. The van der Waals surface area contributed by atoms with Crippen molar-refractivity contribution in [3.05, 3.63) is 12.7 Å². The molecule has 1 rings (SSSR count). The van der Waals surface area contributed by atoms with Crippen LogP contribution in [0, 0.1) is 17.2 Å². The third kappa shape index (κ3) is 2.67. The zero-order valence-corrected chi connectivity index (χ0v) is 7.50. The monoisotopic (exact) mass is 164 g/mol. The molecule has 0 aromatic carbocycles. The number of nitriles is 1. The maximum atomic E-state index is 8.74. The summed E-state index contributed by atoms with van der Waals surface area (Å²) in [6.45, 7) is 6.89. The molecule has 1 aliphatic heterocycles. The molecule has 1 heterocycles. The van der Waals surface area contributed by atoms with E-state index in [0.29, 0.717) is 0 Å². The predicted molar refractivity (Wildman–Crippen MR) is 49.6 cm³/mol. The molecule has 1 fully saturated rings. The summed E-state index contributed by atoms with van der Waals surface area (Å²) in [7, 11) is 0. The summed E-state index contributed by atoms with van der Waals surface area (Å²) < 4.78 is 0. The van der Waals surface area contributed by atoms with Gasteiger partial charge in [-0.15, -0.1) is 6.58 Å². The molecule has 1 atom stereocenters. The van der Waals surface area contributed by atoms with Gasteiger partial charge in [0, 0.05) is 13.1 Å². The quantitative estimate of drug-likeness (QED) is 0.595. The molecule has 0 bridgehead atoms. The van der Waals surface area contributed by atoms with Crippen LogP contribution in [0.4, 0.5) is 0 Å². The van der Waals surface area contributed by atoms with Gasteiger partial charge in [-0.1, -0.05) is 6.08 Å². The Hall–Kier alpha value is -0.810. The largest absolute Gasteiger partial charge is 0.302 e. The first-order chi connectivity index (χ1) is 5.86. The van der Waals surface area contributed by atoms with Gasteiger partial charge in [-0.25, -0.2) is 0 Å². The summed E-state index contributed by atoms with van der Waals surface area (Å²) in [5, 5.41) is 8.74. The molecule has 0 N–H and O–H groups in total. The van der Waals surface area contributed by atoms with Gasteiger partial charge in [0.1, 0.15) is 0 Å². The van der Waals surface area contributed by atoms with Gasteiger partial charge in [-0.05, 0) is 25.8 Å². The summed E-state index contributed by atoms with van der Waals surface area (Å²) in [5.41, 5.74) is 0. The van der Waals surface area contributed by atoms with E-state index in [1.807, 2.05) is 6.08 Å². The van der Waals surface area contributed by atoms with Crippen molar-refractivity contribution in [1.29, 1.82) is 5.26 Å². The molecule has 0 aromatic rings. The molecule has 0 saturated carbocycles. The van der Waals surface area contributed by atoms with Crippen LogP contribution in [-0.4, -0.2) is 24.5 Å². The van der Waals surface area contributed by atoms with Crippen LogP contribution in [0.25, 0.3) is 0 Å². The minimum Gasteiger partial charge on any atom is -0.302 e. The van der Waals surface area contributed by atoms with Gasteiger partial charge in [-0.2, -0.15) is 5.26 Å². The van der Waals surface area contributed by atoms with E-state index in [4.69, 9.17) is 5.26 Å². The molecule has 0 radical (unpaired) electrons. The second-order valence-corrected chi connectivity index (χ2v) is 3.35. The van der Waals surface area contributed by atoms with E-state index < -0.39 is 0 Å². The van der Waals surface area contributed by atoms with Crippen molar-refractivity contribution in [3.63, 3.8) is 0 Å². The van der Waals surface area contributed by atoms with E-state index in [1.54, 1.807) is 0 Å². The van der Waals surface area contributed by atoms with Crippen LogP contribution < -0.4 is 0 Å². The van der Waals surface area contributed by atoms with Gasteiger partial charge in [0.2, 0.25) is 0 Å². The third-order valence-corrected chi connectivity index (χ3v) is 2.34. The minimum absolute atomic E-state index is 0.267. The van der Waals surface area contributed by atoms with E-state index in [9.17, 15) is 0 Å². The van der Waals surface area contributed by atoms with Crippen molar-refractivity contribution in [2.45, 2.75) is 19.3 Å². The number of hydrogen-bond donors (Lipinski definition) is 0. The molecule has 1 unspecified atom stereocenters. The van der Waals surface area contributed by atoms with E-state index >= 15 is 0 Å². The SMILES string of the molecule is C=CCCN1CCCC(C#N)C1. The summed E-state index contributed by atoms with van der Waals surface area (Å²) >= 11 is 0. The number of likely N-dealkylation sites (tertiary alicyclic amines) is 1. The number of rotatable bonds is 3. The van der Waals surface area contributed by atoms with Crippen molar-refractivity contribution in [2.75, 3.05) is 19.6 Å². The highest BCUT2D eigenvalue weighted by Crippen LogP contribution is 2.15. The van der Waals surface area contributed by atoms with Crippen LogP contribution in [0.2, 0.25) is 0 Å². The zero-order valence-electron chi connectivity index (χ0n) is 7.50. The maximum absolute atomic E-state index is 8.74. The van der Waals surface area contributed by atoms with E-state index in [2.05, 4.69) is 17.5 Å². The molecule has 0 aliphatic carbocycles. The van der Waals surface area contributed by atoms with Gasteiger partial charge in [0.15, 0.2) is 0 Å². The lowest BCUT2D eigenvalue weighted by molar-refractivity contribution is 0.203. The Kier molecular flexibility index (Phi) is 3.83. The van der Waals surface area contributed by atoms with Crippen LogP contribution in [0.15, 0.2) is 12.7 Å². The molecular formula is C10H16N2. The lowest BCUT2D eigenvalue weighted by Crippen LogP contribution is -2.35. The van der Waals surface area contributed by atoms with E-state index in [-0.39, 0.29) is 5.92 Å². The Balaban J connectivity index is 2.26. The molecule has 1 aliphatic rings. The number of piperidine rings is 1. The fourth-order valence-corrected chi connectivity index (χ4v) is 1.64. The fourth-order valence-electron chi connectivity index (χ4n) is 1.64. The standard InChI is InChI=1S/C10H16N2/c1-2-3-6-12-7-4-5-10(8-11)9-12/h2,10H,1,3-7,9H2. The molecule has 0 amide bonds. The zero-order chi connectivity index (χ0) is 8.81. The summed E-state index contributed by atoms with van der Waals surface area (Å²) in [6, 6.07) is 2.34. The molecular weight excluding hydrogens is 148 g/mol. The minimum atomic E-state index is 0.267. The maximum Gasteiger partial charge on any atom is 0.0669 e. The van der Waals surface area contributed by atoms with Crippen molar-refractivity contribution < 1.29 is 0 Å². The van der Waals surface area contributed by atoms with Crippen LogP contribution in [0.5, 0.6) is 0 Å². The van der Waals surface area contributed by atoms with Gasteiger partial charge in [0.25, 0.3) is 0 Å². The first-order valence-electron chi connectivity index (χ1n) is 4.59. The van der Waals surface area contributed by atoms with Crippen molar-refractivity contribution in [2.24, 2.45) is 5.92 Å². The van der Waals surface area contributed by atoms with E-state index in [1.165, 1.54) is 6.42 Å². The Labute approximate surface area is 74.5 Å². The molecule has 12 heavy (non-hydrogen) atoms. The second-order valence-electron chi connectivity index (χ2n) is 3.35. The highest BCUT2D eigenvalue weighted by Gasteiger charge is 2.17. The highest BCUT2D eigenvalue weighted by molar-refractivity contribution is 4.88. The highest BCUT2D eigenvalue weighted by atomic mass is 15.1. The van der Waals surface area contributed by atoms with Gasteiger partial charge < -0.3 is 4.90 Å². The van der Waals surface area contributed by atoms with Crippen molar-refractivity contribution in [3.8, 4) is 6.07 Å². The molecule has 2 nitrogen and oxygen atoms in total. The fraction of sp³-hybridized carbons (Fsp3) is 0.700. The lowest BCUT2D eigenvalue weighted by atomic mass is 10.00. The summed E-state index contributed by atoms with van der Waals surface area (Å²) in [5.74, 6) is 0.267. The molecule has 66 valence electrons. The predicted octanol–water partition coefficient (Wildman–Crippen LogP) is 1.80. The number of hydrogen-bond acceptors (Lipinski definition) is 2. The third-order valence-electron chi connectivity index (χ3n) is 2.34. The first kappa shape index (κ1) is 9.28. The van der Waals surface area contributed by atoms with Crippen LogP contribution in [-0.2, 0) is 0 Å². The molecule has 2 heteroatoms. The summed E-state index contributed by atoms with van der Waals surface area (Å²) in [4.78, 5) is 2.36. The van der Waals surface area contributed by atoms with Crippen LogP contribution in [0.1, 0.15) is 19.3 Å². The van der Waals surface area contributed by atoms with Gasteiger partial charge >= 0.3 is 0 Å². The van der Waals surface area contributed by atoms with Crippen molar-refractivity contribution in [1.82, 2.24) is 4.90 Å². The molecule has 0 spiro atoms. The Bertz CT molecular complexity index is 181. The normalized spacial score (nSPS) is 24.8. The topological polar surface area (TPSA) is 27.0 Å². The van der Waals surface area contributed by atoms with Gasteiger partial charge in [-0.3, -0.25) is 0 Å². The molecule has 1 saturated heterocycles. The smallest absolute Gasteiger partial charge is 0.0669 e. The second kappa shape index (κ2) is 4.95. The molecule has 0 aromatic heterocycles. The summed E-state index contributed by atoms with van der Waals surface area (Å²) in [6.07, 6.45) is 5.24. The van der Waals surface area contributed by atoms with Crippen LogP contribution in [0.3, 0.4) is 0 Å².